The summed E-state index contributed by atoms with van der Waals surface area (Å²) in [4.78, 5) is 0. The van der Waals surface area contributed by atoms with Gasteiger partial charge in [0, 0.05) is 0 Å². The van der Waals surface area contributed by atoms with E-state index < -0.39 is 15.8 Å². The van der Waals surface area contributed by atoms with E-state index in [1.54, 1.807) is 0 Å². The van der Waals surface area contributed by atoms with Gasteiger partial charge in [-0.2, -0.15) is 0 Å². The Morgan fingerprint density at radius 1 is 0.243 bits per heavy atom. The average Bonchev–Trinajstić information content (AvgIpc) is 3.33. The van der Waals surface area contributed by atoms with Gasteiger partial charge in [0.05, 0.1) is 0 Å². The molecule has 0 nitrogen and oxygen atoms in total. The summed E-state index contributed by atoms with van der Waals surface area (Å²) in [5.41, 5.74) is 14.2. The Bertz CT molecular complexity index is 2690. The van der Waals surface area contributed by atoms with Crippen LogP contribution in [0.5, 0.6) is 0 Å². The average molecular weight is 959 g/mol. The largest absolute Gasteiger partial charge is 0.0616 e. The first kappa shape index (κ1) is 51.5. The second kappa shape index (κ2) is 21.5. The van der Waals surface area contributed by atoms with Crippen LogP contribution in [0.15, 0.2) is 146 Å². The lowest BCUT2D eigenvalue weighted by Gasteiger charge is -2.31. The van der Waals surface area contributed by atoms with Crippen LogP contribution < -0.4 is 31.8 Å². The fourth-order valence-corrected chi connectivity index (χ4v) is 15.4. The van der Waals surface area contributed by atoms with E-state index in [2.05, 4.69) is 256 Å². The molecule has 0 heterocycles. The smallest absolute Gasteiger partial charge is 0.000884 e. The summed E-state index contributed by atoms with van der Waals surface area (Å²) >= 11 is 0. The van der Waals surface area contributed by atoms with E-state index in [0.717, 1.165) is 0 Å². The van der Waals surface area contributed by atoms with Gasteiger partial charge in [0.1, 0.15) is 0 Å². The lowest BCUT2D eigenvalue weighted by atomic mass is 9.93. The minimum Gasteiger partial charge on any atom is -0.0616 e. The minimum absolute atomic E-state index is 0.404. The molecule has 2 heteroatoms. The second-order valence-corrected chi connectivity index (χ2v) is 27.1. The summed E-state index contributed by atoms with van der Waals surface area (Å²) in [5, 5.41) is 13.9. The Morgan fingerprint density at radius 2 is 0.457 bits per heavy atom. The van der Waals surface area contributed by atoms with Crippen LogP contribution in [0.3, 0.4) is 0 Å². The van der Waals surface area contributed by atoms with Crippen molar-refractivity contribution in [3.05, 3.63) is 190 Å². The highest BCUT2D eigenvalue weighted by atomic mass is 31.1. The van der Waals surface area contributed by atoms with Crippen molar-refractivity contribution in [1.82, 2.24) is 0 Å². The molecule has 362 valence electrons. The van der Waals surface area contributed by atoms with E-state index in [4.69, 9.17) is 0 Å². The SMILES string of the molecule is CC(C)c1cc(C(C)C)cc(P(c2cc(C(C)C)cc(C(C)C)c2)c2ccc3ccccc3c2-c2c(P(c3cc(C(C)C)cc(C(C)C)c3)c3cc(C(C)C)cc(C(C)C)c3)ccc3ccccc23)c1. The van der Waals surface area contributed by atoms with Gasteiger partial charge in [-0.15, -0.1) is 0 Å². The molecule has 8 rings (SSSR count). The van der Waals surface area contributed by atoms with Gasteiger partial charge in [0.25, 0.3) is 0 Å². The normalized spacial score (nSPS) is 12.4. The van der Waals surface area contributed by atoms with E-state index in [0.29, 0.717) is 47.3 Å². The summed E-state index contributed by atoms with van der Waals surface area (Å²) in [5.74, 6) is 3.23. The molecule has 70 heavy (non-hydrogen) atoms. The predicted molar refractivity (Wildman–Crippen MR) is 317 cm³/mol. The topological polar surface area (TPSA) is 0 Å². The number of rotatable bonds is 15. The van der Waals surface area contributed by atoms with Gasteiger partial charge in [-0.05, 0) is 172 Å². The summed E-state index contributed by atoms with van der Waals surface area (Å²) in [7, 11) is -2.14. The highest BCUT2D eigenvalue weighted by molar-refractivity contribution is 7.81. The Balaban J connectivity index is 1.60. The van der Waals surface area contributed by atoms with Gasteiger partial charge in [0.2, 0.25) is 0 Å². The fourth-order valence-electron chi connectivity index (χ4n) is 10.1. The van der Waals surface area contributed by atoms with Crippen LogP contribution in [0, 0.1) is 0 Å². The van der Waals surface area contributed by atoms with Gasteiger partial charge in [-0.1, -0.05) is 256 Å². The third kappa shape index (κ3) is 10.7. The fraction of sp³-hybridized carbons (Fsp3) is 0.353. The molecular formula is C68H80P2. The maximum absolute atomic E-state index is 2.59. The van der Waals surface area contributed by atoms with Crippen LogP contribution in [0.25, 0.3) is 32.7 Å². The van der Waals surface area contributed by atoms with Gasteiger partial charge in [0.15, 0.2) is 0 Å². The molecule has 0 bridgehead atoms. The van der Waals surface area contributed by atoms with Crippen molar-refractivity contribution >= 4 is 69.2 Å². The third-order valence-corrected chi connectivity index (χ3v) is 19.6. The zero-order valence-corrected chi connectivity index (χ0v) is 47.2. The summed E-state index contributed by atoms with van der Waals surface area (Å²) in [6.45, 7) is 37.9. The number of hydrogen-bond acceptors (Lipinski definition) is 0. The van der Waals surface area contributed by atoms with Gasteiger partial charge >= 0.3 is 0 Å². The maximum Gasteiger partial charge on any atom is -0.000884 e. The van der Waals surface area contributed by atoms with E-state index in [1.807, 2.05) is 0 Å². The highest BCUT2D eigenvalue weighted by Crippen LogP contribution is 2.48. The van der Waals surface area contributed by atoms with Crippen LogP contribution in [-0.2, 0) is 0 Å². The second-order valence-electron chi connectivity index (χ2n) is 22.7. The Hall–Kier alpha value is -4.86. The molecule has 0 aliphatic heterocycles. The molecule has 0 radical (unpaired) electrons. The van der Waals surface area contributed by atoms with E-state index in [-0.39, 0.29) is 0 Å². The number of fused-ring (bicyclic) bond motifs is 2. The van der Waals surface area contributed by atoms with E-state index >= 15 is 0 Å². The van der Waals surface area contributed by atoms with Crippen molar-refractivity contribution in [2.24, 2.45) is 0 Å². The quantitative estimate of drug-likeness (QED) is 0.0898. The Morgan fingerprint density at radius 3 is 0.671 bits per heavy atom. The molecule has 0 N–H and O–H groups in total. The van der Waals surface area contributed by atoms with E-state index in [9.17, 15) is 0 Å². The molecule has 0 amide bonds. The van der Waals surface area contributed by atoms with Crippen LogP contribution >= 0.6 is 15.8 Å². The van der Waals surface area contributed by atoms with Crippen molar-refractivity contribution in [2.75, 3.05) is 0 Å². The number of hydrogen-bond donors (Lipinski definition) is 0. The molecule has 0 unspecified atom stereocenters. The molecule has 0 atom stereocenters. The van der Waals surface area contributed by atoms with Crippen molar-refractivity contribution in [3.8, 4) is 11.1 Å². The molecule has 0 spiro atoms. The van der Waals surface area contributed by atoms with E-state index in [1.165, 1.54) is 109 Å². The van der Waals surface area contributed by atoms with Gasteiger partial charge in [-0.3, -0.25) is 0 Å². The molecule has 0 aliphatic rings. The van der Waals surface area contributed by atoms with Crippen LogP contribution in [-0.4, -0.2) is 0 Å². The number of benzene rings is 8. The van der Waals surface area contributed by atoms with Crippen LogP contribution in [0.4, 0.5) is 0 Å². The molecule has 0 aliphatic carbocycles. The molecule has 0 aromatic heterocycles. The summed E-state index contributed by atoms with van der Waals surface area (Å²) in [6.07, 6.45) is 0. The first-order valence-corrected chi connectivity index (χ1v) is 29.2. The first-order valence-electron chi connectivity index (χ1n) is 26.5. The molecule has 0 fully saturated rings. The Labute approximate surface area is 426 Å². The minimum atomic E-state index is -1.07. The molecule has 8 aromatic carbocycles. The van der Waals surface area contributed by atoms with Gasteiger partial charge < -0.3 is 0 Å². The van der Waals surface area contributed by atoms with Crippen LogP contribution in [0.1, 0.15) is 203 Å². The maximum atomic E-state index is 2.59. The molecular weight excluding hydrogens is 879 g/mol. The molecule has 8 aromatic rings. The third-order valence-electron chi connectivity index (χ3n) is 14.8. The molecule has 0 saturated heterocycles. The lowest BCUT2D eigenvalue weighted by molar-refractivity contribution is 0.835. The van der Waals surface area contributed by atoms with Crippen molar-refractivity contribution in [3.63, 3.8) is 0 Å². The first-order chi connectivity index (χ1) is 33.3. The zero-order chi connectivity index (χ0) is 50.3. The summed E-state index contributed by atoms with van der Waals surface area (Å²) < 4.78 is 0. The monoisotopic (exact) mass is 959 g/mol. The van der Waals surface area contributed by atoms with Crippen molar-refractivity contribution < 1.29 is 0 Å². The van der Waals surface area contributed by atoms with Crippen LogP contribution in [0.2, 0.25) is 0 Å². The van der Waals surface area contributed by atoms with Gasteiger partial charge in [-0.25, -0.2) is 0 Å². The summed E-state index contributed by atoms with van der Waals surface area (Å²) in [6, 6.07) is 59.2. The highest BCUT2D eigenvalue weighted by Gasteiger charge is 2.31. The molecule has 0 saturated carbocycles. The zero-order valence-electron chi connectivity index (χ0n) is 45.4. The Kier molecular flexibility index (Phi) is 15.8. The van der Waals surface area contributed by atoms with Crippen molar-refractivity contribution in [1.29, 1.82) is 0 Å². The van der Waals surface area contributed by atoms with Crippen molar-refractivity contribution in [2.45, 2.75) is 158 Å². The lowest BCUT2D eigenvalue weighted by Crippen LogP contribution is -2.28. The predicted octanol–water partition coefficient (Wildman–Crippen LogP) is 18.2. The standard InChI is InChI=1S/C68H80P2/c1-41(2)51-29-52(42(3)4)34-59(33-51)69(60-35-53(43(5)6)30-54(36-60)44(7)8)65-27-25-49-21-17-19-23-63(49)67(65)68-64-24-20-18-22-50(64)26-28-66(68)70(61-37-55(45(9)10)31-56(38-61)46(11)12)62-39-57(47(13)14)32-58(40-62)48(15)16/h17-48H,1-16H3.